The van der Waals surface area contributed by atoms with Gasteiger partial charge < -0.3 is 35.3 Å². The summed E-state index contributed by atoms with van der Waals surface area (Å²) in [5.41, 5.74) is 0.975. The molecular formula is C26H26Br2ClLiO8. The summed E-state index contributed by atoms with van der Waals surface area (Å²) in [5, 5.41) is 0. The number of rotatable bonds is 2. The maximum atomic E-state index is 10.8. The van der Waals surface area contributed by atoms with Crippen LogP contribution in [0.15, 0.2) is 39.8 Å². The van der Waals surface area contributed by atoms with E-state index in [0.29, 0.717) is 23.9 Å². The van der Waals surface area contributed by atoms with Crippen LogP contribution < -0.4 is 37.8 Å². The van der Waals surface area contributed by atoms with Gasteiger partial charge in [-0.2, -0.15) is 6.42 Å². The molecule has 0 amide bonds. The zero-order valence-corrected chi connectivity index (χ0v) is 25.4. The van der Waals surface area contributed by atoms with Crippen LogP contribution in [0.3, 0.4) is 0 Å². The molecule has 0 radical (unpaired) electrons. The van der Waals surface area contributed by atoms with Gasteiger partial charge in [-0.05, 0) is 73.8 Å². The number of carbonyl (C=O) groups is 2. The fourth-order valence-corrected chi connectivity index (χ4v) is 2.81. The van der Waals surface area contributed by atoms with E-state index in [1.54, 1.807) is 18.2 Å². The molecule has 0 atom stereocenters. The van der Waals surface area contributed by atoms with Crippen LogP contribution in [0.5, 0.6) is 23.0 Å². The van der Waals surface area contributed by atoms with Gasteiger partial charge in [0.2, 0.25) is 13.6 Å². The van der Waals surface area contributed by atoms with Crippen molar-refractivity contribution in [1.82, 2.24) is 0 Å². The number of halogens is 3. The Labute approximate surface area is 256 Å². The minimum absolute atomic E-state index is 0. The molecule has 2 aromatic carbocycles. The van der Waals surface area contributed by atoms with E-state index in [-0.39, 0.29) is 25.7 Å². The van der Waals surface area contributed by atoms with Crippen LogP contribution >= 0.6 is 43.5 Å². The van der Waals surface area contributed by atoms with Gasteiger partial charge >= 0.3 is 30.3 Å². The Morgan fingerprint density at radius 3 is 1.95 bits per heavy atom. The molecule has 0 saturated heterocycles. The summed E-state index contributed by atoms with van der Waals surface area (Å²) in [6.07, 6.45) is 4.22. The maximum absolute atomic E-state index is 10.8. The quantitative estimate of drug-likeness (QED) is 0.156. The Hall–Kier alpha value is -2.27. The van der Waals surface area contributed by atoms with Gasteiger partial charge in [-0.25, -0.2) is 9.59 Å². The van der Waals surface area contributed by atoms with Crippen molar-refractivity contribution in [3.63, 3.8) is 0 Å². The van der Waals surface area contributed by atoms with Gasteiger partial charge in [-0.3, -0.25) is 0 Å². The monoisotopic (exact) mass is 666 g/mol. The molecule has 4 rings (SSSR count). The second kappa shape index (κ2) is 20.7. The van der Waals surface area contributed by atoms with Crippen molar-refractivity contribution in [2.45, 2.75) is 19.8 Å². The second-order valence-corrected chi connectivity index (χ2v) is 9.73. The van der Waals surface area contributed by atoms with Gasteiger partial charge in [-0.1, -0.05) is 25.3 Å². The van der Waals surface area contributed by atoms with E-state index in [1.807, 2.05) is 24.3 Å². The Balaban J connectivity index is 0.000000542. The number of carbonyl (C=O) groups excluding carboxylic acids is 2. The number of benzene rings is 2. The first kappa shape index (κ1) is 35.7. The molecule has 0 aliphatic carbocycles. The molecule has 0 aromatic heterocycles. The van der Waals surface area contributed by atoms with Gasteiger partial charge in [0.25, 0.3) is 0 Å². The van der Waals surface area contributed by atoms with E-state index in [9.17, 15) is 9.59 Å². The number of fused-ring (bicyclic) bond motifs is 2. The Morgan fingerprint density at radius 2 is 1.47 bits per heavy atom. The van der Waals surface area contributed by atoms with Crippen molar-refractivity contribution in [3.8, 4) is 34.8 Å². The van der Waals surface area contributed by atoms with E-state index in [0.717, 1.165) is 26.9 Å². The van der Waals surface area contributed by atoms with Gasteiger partial charge in [0.05, 0.1) is 17.6 Å². The number of methoxy groups -OCH3 is 2. The van der Waals surface area contributed by atoms with E-state index in [1.165, 1.54) is 20.6 Å². The minimum atomic E-state index is -0.773. The number of ether oxygens (including phenoxy) is 6. The molecular weight excluding hydrogens is 642 g/mol. The molecule has 2 aliphatic rings. The molecule has 0 bridgehead atoms. The molecule has 38 heavy (non-hydrogen) atoms. The van der Waals surface area contributed by atoms with Gasteiger partial charge in [0.1, 0.15) is 0 Å². The summed E-state index contributed by atoms with van der Waals surface area (Å²) in [5.74, 6) is 7.38. The maximum Gasteiger partial charge on any atom is 1.00 e. The first-order valence-electron chi connectivity index (χ1n) is 10.7. The third-order valence-corrected chi connectivity index (χ3v) is 4.67. The minimum Gasteiger partial charge on any atom is -0.459 e. The van der Waals surface area contributed by atoms with Gasteiger partial charge in [0.15, 0.2) is 23.0 Å². The second-order valence-electron chi connectivity index (χ2n) is 6.65. The van der Waals surface area contributed by atoms with Crippen LogP contribution in [-0.4, -0.2) is 39.2 Å². The summed E-state index contributed by atoms with van der Waals surface area (Å²) < 4.78 is 29.9. The molecule has 0 saturated carbocycles. The predicted molar refractivity (Wildman–Crippen MR) is 148 cm³/mol. The molecule has 2 aromatic rings. The van der Waals surface area contributed by atoms with Crippen LogP contribution in [0.4, 0.5) is 4.79 Å². The third kappa shape index (κ3) is 14.6. The van der Waals surface area contributed by atoms with Crippen molar-refractivity contribution in [2.75, 3.05) is 27.8 Å². The van der Waals surface area contributed by atoms with Crippen molar-refractivity contribution in [3.05, 3.63) is 57.8 Å². The molecule has 2 heterocycles. The van der Waals surface area contributed by atoms with E-state index >= 15 is 0 Å². The fourth-order valence-electron chi connectivity index (χ4n) is 2.28. The summed E-state index contributed by atoms with van der Waals surface area (Å²) in [7, 11) is 2.51. The van der Waals surface area contributed by atoms with Crippen molar-refractivity contribution in [2.24, 2.45) is 0 Å². The molecule has 12 heteroatoms. The van der Waals surface area contributed by atoms with Crippen molar-refractivity contribution >= 4 is 60.9 Å². The van der Waals surface area contributed by atoms with Crippen LogP contribution in [-0.2, 0) is 14.3 Å². The van der Waals surface area contributed by atoms with Crippen LogP contribution in [0.25, 0.3) is 6.08 Å². The summed E-state index contributed by atoms with van der Waals surface area (Å²) in [4.78, 5) is 20.1. The van der Waals surface area contributed by atoms with Gasteiger partial charge in [-0.15, -0.1) is 0 Å². The zero-order valence-electron chi connectivity index (χ0n) is 21.5. The zero-order chi connectivity index (χ0) is 27.6. The molecule has 8 nitrogen and oxygen atoms in total. The third-order valence-electron chi connectivity index (χ3n) is 4.05. The van der Waals surface area contributed by atoms with E-state index in [4.69, 9.17) is 18.9 Å². The molecule has 0 N–H and O–H groups in total. The predicted octanol–water partition coefficient (Wildman–Crippen LogP) is 4.06. The molecule has 0 fully saturated rings. The summed E-state index contributed by atoms with van der Waals surface area (Å²) >= 11 is 11.2. The molecule has 0 spiro atoms. The molecule has 200 valence electrons. The van der Waals surface area contributed by atoms with E-state index < -0.39 is 11.4 Å². The fraction of sp³-hybridized carbons (Fsp3) is 0.269. The Kier molecular flexibility index (Phi) is 19.4. The largest absolute Gasteiger partial charge is 1.00 e. The SMILES string of the molecule is BrC(Br)=Cc1ccc2c(c1)OCO2.COC(=O)C#Cc1ccc2c(c1)OCO2.COC(=O)Cl.[CH2-]CCC.[Li+]. The summed E-state index contributed by atoms with van der Waals surface area (Å²) in [6, 6.07) is 11.0. The molecule has 2 aliphatic heterocycles. The average molecular weight is 669 g/mol. The first-order valence-corrected chi connectivity index (χ1v) is 12.6. The Bertz CT molecular complexity index is 1130. The number of hydrogen-bond acceptors (Lipinski definition) is 8. The standard InChI is InChI=1S/C11H8O4.C9H6Br2O2.C4H9.C2H3ClO2.Li/c1-13-11(12)5-3-8-2-4-9-10(6-8)15-7-14-9;10-9(11)4-6-1-2-7-8(3-6)13-5-12-7;1-3-4-2;1-5-2(3)4;/h2,4,6H,7H2,1H3;1-4H,5H2;1,3-4H2,2H3;1H3;/q;;-1;;+1. The number of esters is 1. The smallest absolute Gasteiger partial charge is 0.459 e. The normalized spacial score (nSPS) is 10.6. The summed E-state index contributed by atoms with van der Waals surface area (Å²) in [6.45, 7) is 6.27. The van der Waals surface area contributed by atoms with E-state index in [2.05, 4.69) is 78.6 Å². The van der Waals surface area contributed by atoms with Crippen molar-refractivity contribution < 1.29 is 56.9 Å². The average Bonchev–Trinajstić information content (AvgIpc) is 3.56. The van der Waals surface area contributed by atoms with Gasteiger partial charge in [0, 0.05) is 23.1 Å². The number of unbranched alkanes of at least 4 members (excludes halogenated alkanes) is 1. The number of hydrogen-bond donors (Lipinski definition) is 0. The first-order chi connectivity index (χ1) is 17.7. The topological polar surface area (TPSA) is 89.5 Å². The van der Waals surface area contributed by atoms with Crippen LogP contribution in [0.1, 0.15) is 30.9 Å². The van der Waals surface area contributed by atoms with Crippen LogP contribution in [0.2, 0.25) is 0 Å². The molecule has 0 unspecified atom stereocenters. The van der Waals surface area contributed by atoms with Crippen molar-refractivity contribution in [1.29, 1.82) is 0 Å². The Morgan fingerprint density at radius 1 is 0.974 bits per heavy atom. The van der Waals surface area contributed by atoms with Crippen LogP contribution in [0, 0.1) is 18.8 Å².